The molecule has 0 saturated carbocycles. The quantitative estimate of drug-likeness (QED) is 0.337. The first-order valence-electron chi connectivity index (χ1n) is 14.1. The highest BCUT2D eigenvalue weighted by atomic mass is 32.2. The van der Waals surface area contributed by atoms with Gasteiger partial charge in [0.25, 0.3) is 5.91 Å². The molecule has 4 aromatic rings. The van der Waals surface area contributed by atoms with Gasteiger partial charge in [-0.2, -0.15) is 9.89 Å². The molecule has 2 N–H and O–H groups in total. The third-order valence-electron chi connectivity index (χ3n) is 7.84. The second kappa shape index (κ2) is 11.7. The number of benzene rings is 3. The molecule has 0 radical (unpaired) electrons. The average molecular weight is 592 g/mol. The van der Waals surface area contributed by atoms with Gasteiger partial charge in [-0.05, 0) is 68.4 Å². The molecule has 220 valence electrons. The van der Waals surface area contributed by atoms with Crippen molar-refractivity contribution in [2.24, 2.45) is 0 Å². The van der Waals surface area contributed by atoms with Gasteiger partial charge in [0, 0.05) is 31.6 Å². The van der Waals surface area contributed by atoms with E-state index in [1.165, 1.54) is 30.7 Å². The zero-order chi connectivity index (χ0) is 29.3. The molecule has 10 nitrogen and oxygen atoms in total. The number of likely N-dealkylation sites (N-methyl/N-ethyl adjacent to an activating group) is 1. The van der Waals surface area contributed by atoms with Crippen LogP contribution in [0.25, 0.3) is 10.9 Å². The molecule has 42 heavy (non-hydrogen) atoms. The van der Waals surface area contributed by atoms with Crippen LogP contribution in [0.3, 0.4) is 0 Å². The number of amides is 1. The van der Waals surface area contributed by atoms with Crippen LogP contribution in [-0.4, -0.2) is 80.1 Å². The molecule has 1 unspecified atom stereocenters. The van der Waals surface area contributed by atoms with Crippen LogP contribution >= 0.6 is 0 Å². The number of halogens is 1. The topological polar surface area (TPSA) is 103 Å². The number of piperidine rings is 1. The van der Waals surface area contributed by atoms with Gasteiger partial charge in [-0.1, -0.05) is 24.6 Å². The van der Waals surface area contributed by atoms with E-state index in [4.69, 9.17) is 0 Å². The first kappa shape index (κ1) is 28.1. The lowest BCUT2D eigenvalue weighted by Crippen LogP contribution is -2.63. The van der Waals surface area contributed by atoms with E-state index in [-0.39, 0.29) is 15.7 Å². The fraction of sp³-hybridized carbons (Fsp3) is 0.333. The number of para-hydroxylation sites is 1. The number of rotatable bonds is 7. The van der Waals surface area contributed by atoms with Crippen molar-refractivity contribution >= 4 is 32.3 Å². The Balaban J connectivity index is 1.25. The Bertz CT molecular complexity index is 1700. The first-order valence-corrected chi connectivity index (χ1v) is 15.6. The molecule has 6 rings (SSSR count). The van der Waals surface area contributed by atoms with Crippen molar-refractivity contribution < 1.29 is 17.6 Å². The van der Waals surface area contributed by atoms with E-state index in [2.05, 4.69) is 25.8 Å². The summed E-state index contributed by atoms with van der Waals surface area (Å²) < 4.78 is 40.1. The zero-order valence-corrected chi connectivity index (χ0v) is 24.2. The SMILES string of the molecule is CN1CCN(n2ncc3cc(S(=O)(=O)c4cccc(F)c4)ccc32)C(NC(=O)c2ccccc2NN2CCCCC2)C1. The van der Waals surface area contributed by atoms with Crippen molar-refractivity contribution in [2.45, 2.75) is 35.2 Å². The van der Waals surface area contributed by atoms with Gasteiger partial charge in [-0.3, -0.25) is 9.80 Å². The Morgan fingerprint density at radius 2 is 1.71 bits per heavy atom. The standard InChI is InChI=1S/C30H34FN7O3S/c1-35-16-17-37(29(21-35)33-30(39)26-10-3-4-11-27(26)34-36-14-5-2-6-15-36)38-28-13-12-25(18-22(28)20-32-38)42(40,41)24-9-7-8-23(31)19-24/h3-4,7-13,18-20,29,34H,2,5-6,14-17,21H2,1H3,(H,33,39). The highest BCUT2D eigenvalue weighted by Crippen LogP contribution is 2.26. The van der Waals surface area contributed by atoms with Crippen LogP contribution in [0.4, 0.5) is 10.1 Å². The van der Waals surface area contributed by atoms with Crippen molar-refractivity contribution in [1.82, 2.24) is 25.1 Å². The monoisotopic (exact) mass is 591 g/mol. The molecule has 0 bridgehead atoms. The van der Waals surface area contributed by atoms with Crippen LogP contribution in [0, 0.1) is 5.82 Å². The van der Waals surface area contributed by atoms with E-state index >= 15 is 0 Å². The molecule has 0 aliphatic carbocycles. The van der Waals surface area contributed by atoms with Crippen molar-refractivity contribution in [3.63, 3.8) is 0 Å². The second-order valence-electron chi connectivity index (χ2n) is 10.8. The number of carbonyl (C=O) groups excluding carboxylic acids is 1. The predicted octanol–water partition coefficient (Wildman–Crippen LogP) is 3.46. The maximum atomic E-state index is 13.7. The number of hydrogen-bond donors (Lipinski definition) is 2. The summed E-state index contributed by atoms with van der Waals surface area (Å²) in [7, 11) is -1.90. The smallest absolute Gasteiger partial charge is 0.255 e. The Morgan fingerprint density at radius 3 is 2.52 bits per heavy atom. The molecule has 0 spiro atoms. The van der Waals surface area contributed by atoms with Gasteiger partial charge in [-0.25, -0.2) is 17.8 Å². The predicted molar refractivity (Wildman–Crippen MR) is 159 cm³/mol. The second-order valence-corrected chi connectivity index (χ2v) is 12.8. The molecule has 2 fully saturated rings. The molecule has 1 amide bonds. The van der Waals surface area contributed by atoms with Crippen molar-refractivity contribution in [3.05, 3.63) is 84.3 Å². The molecule has 1 atom stereocenters. The lowest BCUT2D eigenvalue weighted by atomic mass is 10.1. The Kier molecular flexibility index (Phi) is 7.84. The number of fused-ring (bicyclic) bond motifs is 1. The van der Waals surface area contributed by atoms with Crippen molar-refractivity contribution in [2.75, 3.05) is 50.2 Å². The summed E-state index contributed by atoms with van der Waals surface area (Å²) in [5.41, 5.74) is 5.46. The van der Waals surface area contributed by atoms with E-state index in [1.54, 1.807) is 23.1 Å². The summed E-state index contributed by atoms with van der Waals surface area (Å²) in [6.07, 6.45) is 4.69. The van der Waals surface area contributed by atoms with E-state index in [9.17, 15) is 17.6 Å². The summed E-state index contributed by atoms with van der Waals surface area (Å²) in [5.74, 6) is -0.807. The number of aromatic nitrogens is 2. The number of nitrogens with zero attached hydrogens (tertiary/aromatic N) is 5. The van der Waals surface area contributed by atoms with Gasteiger partial charge in [0.2, 0.25) is 9.84 Å². The van der Waals surface area contributed by atoms with Crippen LogP contribution < -0.4 is 15.8 Å². The fourth-order valence-electron chi connectivity index (χ4n) is 5.58. The highest BCUT2D eigenvalue weighted by Gasteiger charge is 2.30. The minimum Gasteiger partial charge on any atom is -0.329 e. The van der Waals surface area contributed by atoms with E-state index < -0.39 is 21.8 Å². The Labute approximate surface area is 244 Å². The number of hydrazine groups is 1. The lowest BCUT2D eigenvalue weighted by molar-refractivity contribution is 0.0904. The summed E-state index contributed by atoms with van der Waals surface area (Å²) >= 11 is 0. The molecule has 1 aromatic heterocycles. The number of piperazine rings is 1. The summed E-state index contributed by atoms with van der Waals surface area (Å²) in [5, 5.41) is 12.5. The minimum absolute atomic E-state index is 0.0567. The largest absolute Gasteiger partial charge is 0.329 e. The third kappa shape index (κ3) is 5.69. The van der Waals surface area contributed by atoms with Gasteiger partial charge in [-0.15, -0.1) is 0 Å². The Hall–Kier alpha value is -4.00. The van der Waals surface area contributed by atoms with Crippen LogP contribution in [0.2, 0.25) is 0 Å². The third-order valence-corrected chi connectivity index (χ3v) is 9.59. The van der Waals surface area contributed by atoms with Gasteiger partial charge in [0.15, 0.2) is 0 Å². The zero-order valence-electron chi connectivity index (χ0n) is 23.4. The maximum absolute atomic E-state index is 13.7. The normalized spacial score (nSPS) is 18.7. The molecular formula is C30H34FN7O3S. The Morgan fingerprint density at radius 1 is 0.929 bits per heavy atom. The van der Waals surface area contributed by atoms with E-state index in [1.807, 2.05) is 36.3 Å². The van der Waals surface area contributed by atoms with E-state index in [0.29, 0.717) is 29.6 Å². The van der Waals surface area contributed by atoms with Gasteiger partial charge < -0.3 is 15.6 Å². The maximum Gasteiger partial charge on any atom is 0.255 e. The number of nitrogens with one attached hydrogen (secondary N) is 2. The van der Waals surface area contributed by atoms with Gasteiger partial charge in [0.05, 0.1) is 39.3 Å². The van der Waals surface area contributed by atoms with Gasteiger partial charge >= 0.3 is 0 Å². The summed E-state index contributed by atoms with van der Waals surface area (Å²) in [4.78, 5) is 17.5. The first-order chi connectivity index (χ1) is 20.3. The summed E-state index contributed by atoms with van der Waals surface area (Å²) in [6.45, 7) is 3.80. The van der Waals surface area contributed by atoms with E-state index in [0.717, 1.165) is 44.2 Å². The molecule has 12 heteroatoms. The fourth-order valence-corrected chi connectivity index (χ4v) is 6.91. The van der Waals surface area contributed by atoms with Gasteiger partial charge in [0.1, 0.15) is 12.0 Å². The van der Waals surface area contributed by atoms with Crippen molar-refractivity contribution in [1.29, 1.82) is 0 Å². The number of sulfone groups is 1. The summed E-state index contributed by atoms with van der Waals surface area (Å²) in [6, 6.07) is 17.3. The average Bonchev–Trinajstić information content (AvgIpc) is 3.41. The molecule has 2 aliphatic heterocycles. The minimum atomic E-state index is -3.91. The molecular weight excluding hydrogens is 557 g/mol. The molecule has 3 aromatic carbocycles. The van der Waals surface area contributed by atoms with Crippen LogP contribution in [0.15, 0.2) is 82.7 Å². The number of carbonyl (C=O) groups is 1. The van der Waals surface area contributed by atoms with Crippen molar-refractivity contribution in [3.8, 4) is 0 Å². The highest BCUT2D eigenvalue weighted by molar-refractivity contribution is 7.91. The molecule has 2 saturated heterocycles. The number of anilines is 1. The van der Waals surface area contributed by atoms with Crippen LogP contribution in [0.1, 0.15) is 29.6 Å². The lowest BCUT2D eigenvalue weighted by Gasteiger charge is -2.41. The van der Waals surface area contributed by atoms with Crippen LogP contribution in [-0.2, 0) is 9.84 Å². The molecule has 3 heterocycles. The molecule has 2 aliphatic rings. The number of hydrogen-bond acceptors (Lipinski definition) is 8. The van der Waals surface area contributed by atoms with Crippen LogP contribution in [0.5, 0.6) is 0 Å².